The predicted octanol–water partition coefficient (Wildman–Crippen LogP) is 2.37. The summed E-state index contributed by atoms with van der Waals surface area (Å²) >= 11 is 0. The molecule has 1 aromatic rings. The Labute approximate surface area is 130 Å². The van der Waals surface area contributed by atoms with E-state index in [0.717, 1.165) is 19.4 Å². The largest absolute Gasteiger partial charge is 0.478 e. The molecular formula is C16H22O6. The fourth-order valence-electron chi connectivity index (χ4n) is 1.59. The maximum atomic E-state index is 11.7. The predicted molar refractivity (Wildman–Crippen MR) is 80.2 cm³/mol. The quantitative estimate of drug-likeness (QED) is 0.499. The molecule has 0 atom stereocenters. The molecule has 0 unspecified atom stereocenters. The van der Waals surface area contributed by atoms with E-state index in [0.29, 0.717) is 25.4 Å². The van der Waals surface area contributed by atoms with Crippen molar-refractivity contribution in [2.45, 2.75) is 19.8 Å². The van der Waals surface area contributed by atoms with E-state index in [2.05, 4.69) is 6.92 Å². The Balaban J connectivity index is 2.12. The third-order valence-electron chi connectivity index (χ3n) is 2.84. The van der Waals surface area contributed by atoms with Gasteiger partial charge in [-0.3, -0.25) is 0 Å². The monoisotopic (exact) mass is 310 g/mol. The molecule has 6 nitrogen and oxygen atoms in total. The highest BCUT2D eigenvalue weighted by atomic mass is 16.6. The number of esters is 1. The van der Waals surface area contributed by atoms with Gasteiger partial charge in [0.15, 0.2) is 0 Å². The lowest BCUT2D eigenvalue weighted by Gasteiger charge is -2.07. The molecule has 0 fully saturated rings. The summed E-state index contributed by atoms with van der Waals surface area (Å²) in [7, 11) is 0. The summed E-state index contributed by atoms with van der Waals surface area (Å²) in [5.74, 6) is -1.53. The van der Waals surface area contributed by atoms with Crippen LogP contribution in [-0.4, -0.2) is 50.1 Å². The highest BCUT2D eigenvalue weighted by molar-refractivity contribution is 5.92. The second-order valence-corrected chi connectivity index (χ2v) is 4.60. The van der Waals surface area contributed by atoms with E-state index in [1.165, 1.54) is 24.3 Å². The maximum absolute atomic E-state index is 11.7. The Morgan fingerprint density at radius 2 is 1.45 bits per heavy atom. The van der Waals surface area contributed by atoms with Crippen molar-refractivity contribution in [2.75, 3.05) is 33.0 Å². The number of ether oxygens (including phenoxy) is 3. The van der Waals surface area contributed by atoms with Crippen LogP contribution in [0.1, 0.15) is 40.5 Å². The third-order valence-corrected chi connectivity index (χ3v) is 2.84. The number of carbonyl (C=O) groups is 2. The summed E-state index contributed by atoms with van der Waals surface area (Å²) in [5, 5.41) is 8.76. The van der Waals surface area contributed by atoms with E-state index in [1.54, 1.807) is 0 Å². The summed E-state index contributed by atoms with van der Waals surface area (Å²) in [6, 6.07) is 5.58. The Hall–Kier alpha value is -1.92. The molecule has 0 aliphatic carbocycles. The molecule has 0 aliphatic rings. The molecule has 1 aromatic carbocycles. The lowest BCUT2D eigenvalue weighted by Crippen LogP contribution is -2.13. The average molecular weight is 310 g/mol. The van der Waals surface area contributed by atoms with Gasteiger partial charge in [-0.2, -0.15) is 0 Å². The van der Waals surface area contributed by atoms with Crippen molar-refractivity contribution in [3.63, 3.8) is 0 Å². The topological polar surface area (TPSA) is 82.1 Å². The zero-order chi connectivity index (χ0) is 16.2. The molecule has 0 aromatic heterocycles. The number of aromatic carboxylic acids is 1. The first-order valence-corrected chi connectivity index (χ1v) is 7.31. The first kappa shape index (κ1) is 18.1. The minimum absolute atomic E-state index is 0.128. The van der Waals surface area contributed by atoms with Crippen LogP contribution in [0.5, 0.6) is 0 Å². The second kappa shape index (κ2) is 10.8. The Morgan fingerprint density at radius 3 is 2.05 bits per heavy atom. The van der Waals surface area contributed by atoms with Crippen molar-refractivity contribution in [1.29, 1.82) is 0 Å². The highest BCUT2D eigenvalue weighted by Crippen LogP contribution is 2.06. The molecule has 0 saturated heterocycles. The molecule has 0 spiro atoms. The van der Waals surface area contributed by atoms with E-state index in [9.17, 15) is 9.59 Å². The first-order valence-electron chi connectivity index (χ1n) is 7.31. The maximum Gasteiger partial charge on any atom is 0.338 e. The Kier molecular flexibility index (Phi) is 8.86. The van der Waals surface area contributed by atoms with Gasteiger partial charge in [0.2, 0.25) is 0 Å². The van der Waals surface area contributed by atoms with E-state index in [4.69, 9.17) is 19.3 Å². The smallest absolute Gasteiger partial charge is 0.338 e. The van der Waals surface area contributed by atoms with Crippen molar-refractivity contribution in [1.82, 2.24) is 0 Å². The summed E-state index contributed by atoms with van der Waals surface area (Å²) in [5.41, 5.74) is 0.441. The van der Waals surface area contributed by atoms with Crippen LogP contribution in [0.25, 0.3) is 0 Å². The fraction of sp³-hybridized carbons (Fsp3) is 0.500. The van der Waals surface area contributed by atoms with Gasteiger partial charge >= 0.3 is 11.9 Å². The molecule has 6 heteroatoms. The van der Waals surface area contributed by atoms with E-state index in [1.807, 2.05) is 0 Å². The van der Waals surface area contributed by atoms with Crippen LogP contribution in [0.4, 0.5) is 0 Å². The highest BCUT2D eigenvalue weighted by Gasteiger charge is 2.08. The summed E-state index contributed by atoms with van der Waals surface area (Å²) in [4.78, 5) is 22.4. The number of hydrogen-bond donors (Lipinski definition) is 1. The van der Waals surface area contributed by atoms with Crippen LogP contribution in [0.2, 0.25) is 0 Å². The van der Waals surface area contributed by atoms with Gasteiger partial charge in [-0.15, -0.1) is 0 Å². The van der Waals surface area contributed by atoms with E-state index < -0.39 is 11.9 Å². The van der Waals surface area contributed by atoms with Crippen molar-refractivity contribution in [2.24, 2.45) is 0 Å². The lowest BCUT2D eigenvalue weighted by atomic mass is 10.1. The van der Waals surface area contributed by atoms with E-state index >= 15 is 0 Å². The summed E-state index contributed by atoms with van der Waals surface area (Å²) in [6.45, 7) is 4.29. The number of rotatable bonds is 11. The standard InChI is InChI=1S/C16H22O6/c1-2-3-8-20-9-10-21-11-12-22-16(19)14-6-4-13(5-7-14)15(17)18/h4-7H,2-3,8-12H2,1H3,(H,17,18). The summed E-state index contributed by atoms with van der Waals surface area (Å²) < 4.78 is 15.6. The molecule has 0 heterocycles. The number of carbonyl (C=O) groups excluding carboxylic acids is 1. The Morgan fingerprint density at radius 1 is 0.909 bits per heavy atom. The fourth-order valence-corrected chi connectivity index (χ4v) is 1.59. The molecule has 0 bridgehead atoms. The lowest BCUT2D eigenvalue weighted by molar-refractivity contribution is 0.0143. The number of unbranched alkanes of at least 4 members (excludes halogenated alkanes) is 1. The summed E-state index contributed by atoms with van der Waals surface area (Å²) in [6.07, 6.45) is 2.14. The van der Waals surface area contributed by atoms with Crippen LogP contribution in [0.3, 0.4) is 0 Å². The Bertz CT molecular complexity index is 454. The van der Waals surface area contributed by atoms with Crippen molar-refractivity contribution >= 4 is 11.9 Å². The van der Waals surface area contributed by atoms with Crippen molar-refractivity contribution < 1.29 is 28.9 Å². The van der Waals surface area contributed by atoms with Gasteiger partial charge in [-0.05, 0) is 30.7 Å². The zero-order valence-electron chi connectivity index (χ0n) is 12.7. The van der Waals surface area contributed by atoms with Crippen molar-refractivity contribution in [3.05, 3.63) is 35.4 Å². The van der Waals surface area contributed by atoms with E-state index in [-0.39, 0.29) is 12.2 Å². The molecule has 0 saturated carbocycles. The molecule has 22 heavy (non-hydrogen) atoms. The van der Waals surface area contributed by atoms with Gasteiger partial charge in [0.25, 0.3) is 0 Å². The normalized spacial score (nSPS) is 10.4. The van der Waals surface area contributed by atoms with Gasteiger partial charge in [0.1, 0.15) is 6.61 Å². The zero-order valence-corrected chi connectivity index (χ0v) is 12.7. The number of hydrogen-bond acceptors (Lipinski definition) is 5. The number of carboxylic acid groups (broad SMARTS) is 1. The number of benzene rings is 1. The molecule has 0 aliphatic heterocycles. The SMILES string of the molecule is CCCCOCCOCCOC(=O)c1ccc(C(=O)O)cc1. The molecule has 0 radical (unpaired) electrons. The first-order chi connectivity index (χ1) is 10.6. The van der Waals surface area contributed by atoms with Crippen LogP contribution in [0.15, 0.2) is 24.3 Å². The molecule has 122 valence electrons. The van der Waals surface area contributed by atoms with Gasteiger partial charge in [0.05, 0.1) is 30.9 Å². The molecule has 1 N–H and O–H groups in total. The molecule has 0 amide bonds. The third kappa shape index (κ3) is 7.19. The van der Waals surface area contributed by atoms with Crippen LogP contribution in [-0.2, 0) is 14.2 Å². The second-order valence-electron chi connectivity index (χ2n) is 4.60. The van der Waals surface area contributed by atoms with Crippen LogP contribution < -0.4 is 0 Å². The van der Waals surface area contributed by atoms with Crippen LogP contribution >= 0.6 is 0 Å². The average Bonchev–Trinajstić information content (AvgIpc) is 2.53. The minimum atomic E-state index is -1.03. The van der Waals surface area contributed by atoms with Gasteiger partial charge in [-0.1, -0.05) is 13.3 Å². The number of carboxylic acids is 1. The van der Waals surface area contributed by atoms with Crippen molar-refractivity contribution in [3.8, 4) is 0 Å². The molecule has 1 rings (SSSR count). The van der Waals surface area contributed by atoms with Gasteiger partial charge < -0.3 is 19.3 Å². The van der Waals surface area contributed by atoms with Crippen LogP contribution in [0, 0.1) is 0 Å². The minimum Gasteiger partial charge on any atom is -0.478 e. The molecular weight excluding hydrogens is 288 g/mol. The van der Waals surface area contributed by atoms with Gasteiger partial charge in [0, 0.05) is 6.61 Å². The van der Waals surface area contributed by atoms with Gasteiger partial charge in [-0.25, -0.2) is 9.59 Å².